The van der Waals surface area contributed by atoms with Crippen molar-refractivity contribution in [2.24, 2.45) is 12.8 Å². The van der Waals surface area contributed by atoms with E-state index in [1.165, 1.54) is 4.90 Å². The number of anilines is 1. The number of nitrogens with two attached hydrogens (primary N) is 1. The third kappa shape index (κ3) is 2.62. The van der Waals surface area contributed by atoms with Gasteiger partial charge in [-0.2, -0.15) is 0 Å². The molecule has 1 aromatic carbocycles. The molecular formula is C15H18N4O3. The maximum atomic E-state index is 12.1. The maximum absolute atomic E-state index is 12.1. The molecule has 0 saturated carbocycles. The van der Waals surface area contributed by atoms with Crippen LogP contribution in [0, 0.1) is 0 Å². The molecule has 3 rings (SSSR count). The first-order valence-corrected chi connectivity index (χ1v) is 6.95. The molecular weight excluding hydrogens is 284 g/mol. The topological polar surface area (TPSA) is 82.6 Å². The number of ether oxygens (including phenoxy) is 2. The summed E-state index contributed by atoms with van der Waals surface area (Å²) in [6.45, 7) is 0.518. The van der Waals surface area contributed by atoms with Crippen molar-refractivity contribution in [2.75, 3.05) is 18.6 Å². The number of fused-ring (bicyclic) bond motifs is 1. The SMILES string of the molecule is CN1C(=O)[C@@H](N)COc2ccc(OCc3nccn3C)cc21. The predicted molar refractivity (Wildman–Crippen MR) is 80.9 cm³/mol. The second-order valence-electron chi connectivity index (χ2n) is 5.19. The molecule has 2 aromatic rings. The number of nitrogens with zero attached hydrogens (tertiary/aromatic N) is 3. The molecule has 22 heavy (non-hydrogen) atoms. The lowest BCUT2D eigenvalue weighted by Crippen LogP contribution is -2.43. The van der Waals surface area contributed by atoms with Crippen molar-refractivity contribution in [3.05, 3.63) is 36.4 Å². The second-order valence-corrected chi connectivity index (χ2v) is 5.19. The summed E-state index contributed by atoms with van der Waals surface area (Å²) < 4.78 is 13.2. The van der Waals surface area contributed by atoms with Crippen molar-refractivity contribution in [3.8, 4) is 11.5 Å². The molecule has 0 unspecified atom stereocenters. The molecule has 1 aromatic heterocycles. The molecule has 1 amide bonds. The largest absolute Gasteiger partial charge is 0.489 e. The summed E-state index contributed by atoms with van der Waals surface area (Å²) >= 11 is 0. The minimum atomic E-state index is -0.658. The molecule has 1 aliphatic heterocycles. The smallest absolute Gasteiger partial charge is 0.247 e. The standard InChI is InChI=1S/C15H18N4O3/c1-18-6-5-17-14(18)9-21-10-3-4-13-12(7-10)19(2)15(20)11(16)8-22-13/h3-7,11H,8-9,16H2,1-2H3/t11-/m0/s1. The van der Waals surface area contributed by atoms with Crippen molar-refractivity contribution in [2.45, 2.75) is 12.6 Å². The lowest BCUT2D eigenvalue weighted by atomic mass is 10.2. The number of aryl methyl sites for hydroxylation is 1. The van der Waals surface area contributed by atoms with Gasteiger partial charge in [0.25, 0.3) is 0 Å². The molecule has 0 aliphatic carbocycles. The molecule has 0 saturated heterocycles. The number of benzene rings is 1. The Morgan fingerprint density at radius 3 is 3.00 bits per heavy atom. The Kier molecular flexibility index (Phi) is 3.72. The fourth-order valence-corrected chi connectivity index (χ4v) is 2.27. The van der Waals surface area contributed by atoms with Gasteiger partial charge in [-0.05, 0) is 12.1 Å². The third-order valence-electron chi connectivity index (χ3n) is 3.65. The highest BCUT2D eigenvalue weighted by Gasteiger charge is 2.26. The summed E-state index contributed by atoms with van der Waals surface area (Å²) in [5, 5.41) is 0. The summed E-state index contributed by atoms with van der Waals surface area (Å²) in [6.07, 6.45) is 3.58. The lowest BCUT2D eigenvalue weighted by Gasteiger charge is -2.18. The first-order valence-electron chi connectivity index (χ1n) is 6.95. The van der Waals surface area contributed by atoms with E-state index in [0.29, 0.717) is 23.8 Å². The van der Waals surface area contributed by atoms with Gasteiger partial charge in [-0.25, -0.2) is 4.98 Å². The lowest BCUT2D eigenvalue weighted by molar-refractivity contribution is -0.119. The molecule has 0 bridgehead atoms. The molecule has 1 aliphatic rings. The molecule has 0 radical (unpaired) electrons. The summed E-state index contributed by atoms with van der Waals surface area (Å²) in [6, 6.07) is 4.70. The second kappa shape index (κ2) is 5.69. The molecule has 2 N–H and O–H groups in total. The zero-order valence-electron chi connectivity index (χ0n) is 12.5. The normalized spacial score (nSPS) is 17.7. The maximum Gasteiger partial charge on any atom is 0.247 e. The monoisotopic (exact) mass is 302 g/mol. The third-order valence-corrected chi connectivity index (χ3v) is 3.65. The van der Waals surface area contributed by atoms with E-state index in [0.717, 1.165) is 5.82 Å². The van der Waals surface area contributed by atoms with Crippen molar-refractivity contribution < 1.29 is 14.3 Å². The molecule has 7 heteroatoms. The number of imidazole rings is 1. The van der Waals surface area contributed by atoms with Crippen molar-refractivity contribution >= 4 is 11.6 Å². The summed E-state index contributed by atoms with van der Waals surface area (Å²) in [5.74, 6) is 1.89. The Labute approximate surface area is 128 Å². The van der Waals surface area contributed by atoms with Gasteiger partial charge in [-0.3, -0.25) is 4.79 Å². The number of aromatic nitrogens is 2. The van der Waals surface area contributed by atoms with Gasteiger partial charge in [-0.15, -0.1) is 0 Å². The van der Waals surface area contributed by atoms with Crippen LogP contribution in [0.1, 0.15) is 5.82 Å². The number of likely N-dealkylation sites (N-methyl/N-ethyl adjacent to an activating group) is 1. The van der Waals surface area contributed by atoms with Crippen LogP contribution in [-0.4, -0.2) is 35.2 Å². The van der Waals surface area contributed by atoms with Gasteiger partial charge in [0, 0.05) is 32.6 Å². The van der Waals surface area contributed by atoms with Gasteiger partial charge in [0.1, 0.15) is 36.6 Å². The molecule has 0 fully saturated rings. The van der Waals surface area contributed by atoms with Crippen molar-refractivity contribution in [3.63, 3.8) is 0 Å². The van der Waals surface area contributed by atoms with Gasteiger partial charge in [0.15, 0.2) is 0 Å². The van der Waals surface area contributed by atoms with Crippen molar-refractivity contribution in [1.82, 2.24) is 9.55 Å². The Hall–Kier alpha value is -2.54. The predicted octanol–water partition coefficient (Wildman–Crippen LogP) is 0.682. The van der Waals surface area contributed by atoms with Crippen LogP contribution < -0.4 is 20.1 Å². The average Bonchev–Trinajstić information content (AvgIpc) is 2.90. The van der Waals surface area contributed by atoms with Gasteiger partial charge >= 0.3 is 0 Å². The van der Waals surface area contributed by atoms with Crippen molar-refractivity contribution in [1.29, 1.82) is 0 Å². The van der Waals surface area contributed by atoms with Gasteiger partial charge < -0.3 is 24.7 Å². The van der Waals surface area contributed by atoms with E-state index < -0.39 is 6.04 Å². The minimum absolute atomic E-state index is 0.170. The van der Waals surface area contributed by atoms with E-state index >= 15 is 0 Å². The highest BCUT2D eigenvalue weighted by molar-refractivity contribution is 5.98. The minimum Gasteiger partial charge on any atom is -0.489 e. The fourth-order valence-electron chi connectivity index (χ4n) is 2.27. The van der Waals surface area contributed by atoms with E-state index in [1.54, 1.807) is 31.4 Å². The van der Waals surface area contributed by atoms with Gasteiger partial charge in [-0.1, -0.05) is 0 Å². The summed E-state index contributed by atoms with van der Waals surface area (Å²) in [5.41, 5.74) is 6.42. The highest BCUT2D eigenvalue weighted by Crippen LogP contribution is 2.34. The molecule has 0 spiro atoms. The average molecular weight is 302 g/mol. The van der Waals surface area contributed by atoms with E-state index in [2.05, 4.69) is 4.98 Å². The molecule has 7 nitrogen and oxygen atoms in total. The Bertz CT molecular complexity index is 698. The van der Waals surface area contributed by atoms with Crippen LogP contribution in [0.2, 0.25) is 0 Å². The van der Waals surface area contributed by atoms with E-state index in [9.17, 15) is 4.79 Å². The summed E-state index contributed by atoms with van der Waals surface area (Å²) in [4.78, 5) is 17.8. The van der Waals surface area contributed by atoms with Crippen LogP contribution in [0.3, 0.4) is 0 Å². The van der Waals surface area contributed by atoms with Crippen LogP contribution in [0.4, 0.5) is 5.69 Å². The van der Waals surface area contributed by atoms with Gasteiger partial charge in [0.05, 0.1) is 5.69 Å². The fraction of sp³-hybridized carbons (Fsp3) is 0.333. The number of amides is 1. The van der Waals surface area contributed by atoms with E-state index in [1.807, 2.05) is 17.8 Å². The summed E-state index contributed by atoms with van der Waals surface area (Å²) in [7, 11) is 3.59. The van der Waals surface area contributed by atoms with Crippen LogP contribution in [0.25, 0.3) is 0 Å². The van der Waals surface area contributed by atoms with Crippen LogP contribution in [0.5, 0.6) is 11.5 Å². The number of hydrogen-bond donors (Lipinski definition) is 1. The van der Waals surface area contributed by atoms with E-state index in [-0.39, 0.29) is 12.5 Å². The van der Waals surface area contributed by atoms with E-state index in [4.69, 9.17) is 15.2 Å². The van der Waals surface area contributed by atoms with Crippen LogP contribution >= 0.6 is 0 Å². The molecule has 1 atom stereocenters. The first kappa shape index (κ1) is 14.4. The first-order chi connectivity index (χ1) is 10.6. The Morgan fingerprint density at radius 1 is 1.45 bits per heavy atom. The number of carbonyl (C=O) groups excluding carboxylic acids is 1. The van der Waals surface area contributed by atoms with Crippen LogP contribution in [-0.2, 0) is 18.4 Å². The highest BCUT2D eigenvalue weighted by atomic mass is 16.5. The number of carbonyl (C=O) groups is 1. The Balaban J connectivity index is 1.81. The number of hydrogen-bond acceptors (Lipinski definition) is 5. The van der Waals surface area contributed by atoms with Gasteiger partial charge in [0.2, 0.25) is 5.91 Å². The zero-order valence-corrected chi connectivity index (χ0v) is 12.5. The van der Waals surface area contributed by atoms with Crippen LogP contribution in [0.15, 0.2) is 30.6 Å². The molecule has 116 valence electrons. The zero-order chi connectivity index (χ0) is 15.7. The number of rotatable bonds is 3. The molecule has 2 heterocycles. The quantitative estimate of drug-likeness (QED) is 0.901. The Morgan fingerprint density at radius 2 is 2.27 bits per heavy atom.